The van der Waals surface area contributed by atoms with Gasteiger partial charge in [0.2, 0.25) is 0 Å². The molecule has 6 nitrogen and oxygen atoms in total. The van der Waals surface area contributed by atoms with Gasteiger partial charge in [-0.25, -0.2) is 4.98 Å². The lowest BCUT2D eigenvalue weighted by molar-refractivity contribution is -0.143. The van der Waals surface area contributed by atoms with Crippen LogP contribution in [0.5, 0.6) is 5.75 Å². The first-order valence-corrected chi connectivity index (χ1v) is 14.6. The molecule has 0 amide bonds. The number of benzene rings is 2. The molecule has 1 spiro atoms. The number of piperidine rings is 1. The van der Waals surface area contributed by atoms with Crippen molar-refractivity contribution in [2.24, 2.45) is 0 Å². The molecular formula is C32H37N3O3S. The Morgan fingerprint density at radius 1 is 1.15 bits per heavy atom. The van der Waals surface area contributed by atoms with Crippen molar-refractivity contribution in [2.45, 2.75) is 57.6 Å². The van der Waals surface area contributed by atoms with Gasteiger partial charge < -0.3 is 14.4 Å². The minimum absolute atomic E-state index is 0.179. The molecule has 0 saturated carbocycles. The van der Waals surface area contributed by atoms with E-state index in [1.54, 1.807) is 18.3 Å². The summed E-state index contributed by atoms with van der Waals surface area (Å²) in [7, 11) is 2.22. The third-order valence-corrected chi connectivity index (χ3v) is 8.81. The molecule has 5 rings (SSSR count). The van der Waals surface area contributed by atoms with Gasteiger partial charge in [0.15, 0.2) is 0 Å². The van der Waals surface area contributed by atoms with Crippen molar-refractivity contribution in [3.63, 3.8) is 0 Å². The highest BCUT2D eigenvalue weighted by Crippen LogP contribution is 2.46. The fourth-order valence-electron chi connectivity index (χ4n) is 5.89. The van der Waals surface area contributed by atoms with Crippen LogP contribution in [0.25, 0.3) is 0 Å². The normalized spacial score (nSPS) is 16.8. The highest BCUT2D eigenvalue weighted by Gasteiger charge is 2.43. The number of ether oxygens (including phenoxy) is 2. The summed E-state index contributed by atoms with van der Waals surface area (Å²) in [6, 6.07) is 16.8. The Labute approximate surface area is 236 Å². The summed E-state index contributed by atoms with van der Waals surface area (Å²) in [5.74, 6) is 6.42. The summed E-state index contributed by atoms with van der Waals surface area (Å²) in [5.41, 5.74) is 4.21. The molecule has 1 saturated heterocycles. The minimum atomic E-state index is -0.230. The van der Waals surface area contributed by atoms with E-state index in [2.05, 4.69) is 57.9 Å². The summed E-state index contributed by atoms with van der Waals surface area (Å²) in [5, 5.41) is 1.14. The number of carbonyl (C=O) groups excluding carboxylic acids is 1. The van der Waals surface area contributed by atoms with Crippen LogP contribution in [0.1, 0.15) is 60.0 Å². The zero-order chi connectivity index (χ0) is 27.2. The number of aromatic nitrogens is 1. The smallest absolute Gasteiger partial charge is 0.307 e. The van der Waals surface area contributed by atoms with Gasteiger partial charge >= 0.3 is 5.97 Å². The molecule has 1 atom stereocenters. The molecule has 3 heterocycles. The van der Waals surface area contributed by atoms with Crippen molar-refractivity contribution in [1.29, 1.82) is 0 Å². The zero-order valence-corrected chi connectivity index (χ0v) is 23.9. The van der Waals surface area contributed by atoms with E-state index in [-0.39, 0.29) is 18.3 Å². The second kappa shape index (κ2) is 12.2. The number of thiazole rings is 1. The van der Waals surface area contributed by atoms with E-state index in [1.165, 1.54) is 24.1 Å². The second-order valence-electron chi connectivity index (χ2n) is 10.5. The van der Waals surface area contributed by atoms with E-state index in [9.17, 15) is 4.79 Å². The molecule has 0 radical (unpaired) electrons. The lowest BCUT2D eigenvalue weighted by Crippen LogP contribution is -2.44. The predicted octanol–water partition coefficient (Wildman–Crippen LogP) is 5.77. The van der Waals surface area contributed by atoms with Crippen LogP contribution in [0.2, 0.25) is 0 Å². The first kappa shape index (κ1) is 27.2. The Bertz CT molecular complexity index is 1330. The average molecular weight is 544 g/mol. The minimum Gasteiger partial charge on any atom is -0.488 e. The first-order chi connectivity index (χ1) is 19.0. The molecule has 2 aromatic carbocycles. The van der Waals surface area contributed by atoms with Gasteiger partial charge in [-0.05, 0) is 69.1 Å². The summed E-state index contributed by atoms with van der Waals surface area (Å²) in [6.45, 7) is 8.68. The number of nitrogens with zero attached hydrogens (tertiary/aromatic N) is 3. The lowest BCUT2D eigenvalue weighted by Gasteiger charge is -2.39. The number of esters is 1. The molecule has 3 aromatic rings. The van der Waals surface area contributed by atoms with Crippen molar-refractivity contribution < 1.29 is 14.3 Å². The molecule has 0 N–H and O–H groups in total. The molecule has 2 aliphatic rings. The summed E-state index contributed by atoms with van der Waals surface area (Å²) in [6.07, 6.45) is 4.57. The topological polar surface area (TPSA) is 54.9 Å². The maximum absolute atomic E-state index is 11.9. The van der Waals surface area contributed by atoms with Crippen LogP contribution in [-0.2, 0) is 28.1 Å². The molecule has 1 fully saturated rings. The number of hydrogen-bond donors (Lipinski definition) is 0. The molecule has 7 heteroatoms. The molecule has 0 aliphatic carbocycles. The van der Waals surface area contributed by atoms with Crippen LogP contribution >= 0.6 is 11.3 Å². The summed E-state index contributed by atoms with van der Waals surface area (Å²) >= 11 is 1.73. The van der Waals surface area contributed by atoms with Gasteiger partial charge in [0.05, 0.1) is 30.4 Å². The Balaban J connectivity index is 1.11. The quantitative estimate of drug-likeness (QED) is 0.252. The van der Waals surface area contributed by atoms with Gasteiger partial charge in [-0.1, -0.05) is 36.3 Å². The number of anilines is 1. The van der Waals surface area contributed by atoms with Gasteiger partial charge in [-0.3, -0.25) is 9.69 Å². The number of likely N-dealkylation sites (N-methyl/N-ethyl adjacent to an activating group) is 1. The van der Waals surface area contributed by atoms with Gasteiger partial charge in [0, 0.05) is 30.9 Å². The largest absolute Gasteiger partial charge is 0.488 e. The molecule has 0 bridgehead atoms. The van der Waals surface area contributed by atoms with E-state index in [4.69, 9.17) is 9.47 Å². The molecular weight excluding hydrogens is 506 g/mol. The van der Waals surface area contributed by atoms with Gasteiger partial charge in [-0.2, -0.15) is 0 Å². The third-order valence-electron chi connectivity index (χ3n) is 7.86. The lowest BCUT2D eigenvalue weighted by atomic mass is 9.74. The maximum Gasteiger partial charge on any atom is 0.307 e. The fraction of sp³-hybridized carbons (Fsp3) is 0.438. The number of fused-ring (bicyclic) bond motifs is 2. The molecule has 39 heavy (non-hydrogen) atoms. The molecule has 2 aliphatic heterocycles. The number of para-hydroxylation sites is 1. The van der Waals surface area contributed by atoms with E-state index in [1.807, 2.05) is 37.4 Å². The maximum atomic E-state index is 11.9. The first-order valence-electron chi connectivity index (χ1n) is 13.8. The van der Waals surface area contributed by atoms with Crippen molar-refractivity contribution in [3.05, 3.63) is 75.7 Å². The Hall–Kier alpha value is -3.34. The van der Waals surface area contributed by atoms with Gasteiger partial charge in [-0.15, -0.1) is 17.3 Å². The highest BCUT2D eigenvalue weighted by molar-refractivity contribution is 7.11. The van der Waals surface area contributed by atoms with Crippen LogP contribution in [0.15, 0.2) is 54.7 Å². The molecule has 0 unspecified atom stereocenters. The number of hydrogen-bond acceptors (Lipinski definition) is 7. The van der Waals surface area contributed by atoms with E-state index in [0.29, 0.717) is 18.6 Å². The van der Waals surface area contributed by atoms with Crippen LogP contribution in [0, 0.1) is 11.8 Å². The molecule has 1 aromatic heterocycles. The Morgan fingerprint density at radius 2 is 1.92 bits per heavy atom. The van der Waals surface area contributed by atoms with Crippen LogP contribution in [0.4, 0.5) is 5.69 Å². The zero-order valence-electron chi connectivity index (χ0n) is 23.1. The van der Waals surface area contributed by atoms with Gasteiger partial charge in [0.1, 0.15) is 17.4 Å². The van der Waals surface area contributed by atoms with Crippen molar-refractivity contribution in [3.8, 4) is 17.6 Å². The number of rotatable bonds is 9. The molecule has 204 valence electrons. The van der Waals surface area contributed by atoms with Crippen LogP contribution in [0.3, 0.4) is 0 Å². The van der Waals surface area contributed by atoms with Crippen molar-refractivity contribution in [1.82, 2.24) is 9.88 Å². The van der Waals surface area contributed by atoms with E-state index < -0.39 is 0 Å². The summed E-state index contributed by atoms with van der Waals surface area (Å²) < 4.78 is 11.1. The van der Waals surface area contributed by atoms with E-state index in [0.717, 1.165) is 47.4 Å². The third kappa shape index (κ3) is 6.29. The van der Waals surface area contributed by atoms with Crippen molar-refractivity contribution >= 4 is 23.0 Å². The van der Waals surface area contributed by atoms with E-state index >= 15 is 0 Å². The number of likely N-dealkylation sites (tertiary alicyclic amines) is 1. The average Bonchev–Trinajstić information content (AvgIpc) is 3.51. The highest BCUT2D eigenvalue weighted by atomic mass is 32.1. The van der Waals surface area contributed by atoms with Crippen molar-refractivity contribution in [2.75, 3.05) is 38.2 Å². The fourth-order valence-corrected chi connectivity index (χ4v) is 6.77. The van der Waals surface area contributed by atoms with Crippen LogP contribution < -0.4 is 9.64 Å². The summed E-state index contributed by atoms with van der Waals surface area (Å²) in [4.78, 5) is 22.7. The monoisotopic (exact) mass is 543 g/mol. The van der Waals surface area contributed by atoms with Gasteiger partial charge in [0.25, 0.3) is 0 Å². The number of carbonyl (C=O) groups is 1. The SMILES string of the molecule is CC#C[C@@H](CC(=O)OCC)c1ccc(OCc2cnc(CN3CCC4(CC3)CN(C)c3ccccc34)s2)cc1. The Kier molecular flexibility index (Phi) is 8.54. The Morgan fingerprint density at radius 3 is 2.67 bits per heavy atom. The predicted molar refractivity (Wildman–Crippen MR) is 156 cm³/mol. The second-order valence-corrected chi connectivity index (χ2v) is 11.7. The standard InChI is InChI=1S/C32H37N3O3S/c1-4-8-25(19-31(36)37-5-2)24-11-13-26(14-12-24)38-22-27-20-33-30(39-27)21-35-17-15-32(16-18-35)23-34(3)29-10-7-6-9-28(29)32/h6-7,9-14,20,25H,5,15-19,21-23H2,1-3H3/t25-/m0/s1. The van der Waals surface area contributed by atoms with Crippen LogP contribution in [-0.4, -0.2) is 49.1 Å².